The summed E-state index contributed by atoms with van der Waals surface area (Å²) >= 11 is 5.97. The van der Waals surface area contributed by atoms with Crippen LogP contribution in [-0.4, -0.2) is 18.6 Å². The van der Waals surface area contributed by atoms with E-state index in [9.17, 15) is 4.79 Å². The Balaban J connectivity index is 2.23. The van der Waals surface area contributed by atoms with E-state index in [0.29, 0.717) is 23.2 Å². The molecule has 1 aromatic carbocycles. The summed E-state index contributed by atoms with van der Waals surface area (Å²) in [6, 6.07) is 5.10. The average Bonchev–Trinajstić information content (AvgIpc) is 2.76. The van der Waals surface area contributed by atoms with Crippen LogP contribution in [0.2, 0.25) is 5.02 Å². The van der Waals surface area contributed by atoms with Crippen LogP contribution in [0.3, 0.4) is 0 Å². The van der Waals surface area contributed by atoms with Crippen LogP contribution in [0.1, 0.15) is 29.6 Å². The van der Waals surface area contributed by atoms with Crippen molar-refractivity contribution >= 4 is 17.5 Å². The van der Waals surface area contributed by atoms with Gasteiger partial charge in [0.1, 0.15) is 11.9 Å². The van der Waals surface area contributed by atoms with E-state index in [1.54, 1.807) is 18.2 Å². The minimum Gasteiger partial charge on any atom is -0.489 e. The van der Waals surface area contributed by atoms with Gasteiger partial charge in [0.05, 0.1) is 10.6 Å². The predicted molar refractivity (Wildman–Crippen MR) is 70.8 cm³/mol. The normalized spacial score (nSPS) is 23.0. The summed E-state index contributed by atoms with van der Waals surface area (Å²) in [5.74, 6) is 0.225. The molecule has 98 valence electrons. The van der Waals surface area contributed by atoms with Crippen molar-refractivity contribution in [3.63, 3.8) is 0 Å². The smallest absolute Gasteiger partial charge is 0.253 e. The lowest BCUT2D eigenvalue weighted by molar-refractivity contribution is 0.0989. The first kappa shape index (κ1) is 13.2. The van der Waals surface area contributed by atoms with Crippen LogP contribution in [0.5, 0.6) is 5.75 Å². The van der Waals surface area contributed by atoms with Gasteiger partial charge < -0.3 is 16.2 Å². The van der Waals surface area contributed by atoms with Crippen molar-refractivity contribution in [2.24, 2.45) is 17.4 Å². The van der Waals surface area contributed by atoms with Gasteiger partial charge in [0, 0.05) is 5.92 Å². The topological polar surface area (TPSA) is 78.3 Å². The Kier molecular flexibility index (Phi) is 4.09. The molecular weight excluding hydrogens is 252 g/mol. The van der Waals surface area contributed by atoms with Crippen molar-refractivity contribution in [1.29, 1.82) is 0 Å². The highest BCUT2D eigenvalue weighted by atomic mass is 35.5. The maximum Gasteiger partial charge on any atom is 0.253 e. The average molecular weight is 269 g/mol. The molecule has 1 amide bonds. The fourth-order valence-electron chi connectivity index (χ4n) is 2.43. The number of nitrogens with two attached hydrogens (primary N) is 2. The van der Waals surface area contributed by atoms with E-state index in [1.165, 1.54) is 0 Å². The molecule has 0 saturated heterocycles. The van der Waals surface area contributed by atoms with Crippen LogP contribution in [-0.2, 0) is 0 Å². The number of amides is 1. The first-order valence-corrected chi connectivity index (χ1v) is 6.46. The molecule has 2 rings (SSSR count). The Hall–Kier alpha value is -1.26. The summed E-state index contributed by atoms with van der Waals surface area (Å²) in [7, 11) is 0. The Morgan fingerprint density at radius 1 is 1.44 bits per heavy atom. The standard InChI is InChI=1S/C13H17ClN2O2/c14-9-4-2-6-11(12(9)13(16)17)18-10-5-1-3-8(10)7-15/h2,4,6,8,10H,1,3,5,7,15H2,(H2,16,17). The summed E-state index contributed by atoms with van der Waals surface area (Å²) in [6.45, 7) is 0.594. The zero-order chi connectivity index (χ0) is 13.1. The molecule has 1 saturated carbocycles. The van der Waals surface area contributed by atoms with Crippen LogP contribution < -0.4 is 16.2 Å². The number of rotatable bonds is 4. The zero-order valence-electron chi connectivity index (χ0n) is 10.1. The Morgan fingerprint density at radius 2 is 2.22 bits per heavy atom. The molecule has 0 heterocycles. The minimum atomic E-state index is -0.571. The molecule has 1 aromatic rings. The molecule has 0 radical (unpaired) electrons. The highest BCUT2D eigenvalue weighted by Gasteiger charge is 2.29. The SMILES string of the molecule is NCC1CCCC1Oc1cccc(Cl)c1C(N)=O. The van der Waals surface area contributed by atoms with Gasteiger partial charge in [-0.3, -0.25) is 4.79 Å². The van der Waals surface area contributed by atoms with Gasteiger partial charge in [-0.2, -0.15) is 0 Å². The third-order valence-electron chi connectivity index (χ3n) is 3.39. The molecule has 0 aliphatic heterocycles. The largest absolute Gasteiger partial charge is 0.489 e. The number of carbonyl (C=O) groups excluding carboxylic acids is 1. The highest BCUT2D eigenvalue weighted by Crippen LogP contribution is 2.32. The van der Waals surface area contributed by atoms with Gasteiger partial charge in [-0.15, -0.1) is 0 Å². The van der Waals surface area contributed by atoms with Crippen LogP contribution in [0.4, 0.5) is 0 Å². The van der Waals surface area contributed by atoms with Crippen molar-refractivity contribution in [1.82, 2.24) is 0 Å². The summed E-state index contributed by atoms with van der Waals surface area (Å²) in [5, 5.41) is 0.322. The second kappa shape index (κ2) is 5.59. The Bertz CT molecular complexity index is 451. The van der Waals surface area contributed by atoms with Crippen molar-refractivity contribution < 1.29 is 9.53 Å². The van der Waals surface area contributed by atoms with E-state index in [4.69, 9.17) is 27.8 Å². The van der Waals surface area contributed by atoms with E-state index in [0.717, 1.165) is 19.3 Å². The van der Waals surface area contributed by atoms with E-state index in [2.05, 4.69) is 0 Å². The molecule has 1 aliphatic carbocycles. The molecule has 1 fully saturated rings. The van der Waals surface area contributed by atoms with Crippen LogP contribution in [0.25, 0.3) is 0 Å². The van der Waals surface area contributed by atoms with Crippen molar-refractivity contribution in [2.75, 3.05) is 6.54 Å². The number of hydrogen-bond donors (Lipinski definition) is 2. The quantitative estimate of drug-likeness (QED) is 0.876. The summed E-state index contributed by atoms with van der Waals surface area (Å²) < 4.78 is 5.89. The number of benzene rings is 1. The molecule has 1 aliphatic rings. The molecule has 0 bridgehead atoms. The lowest BCUT2D eigenvalue weighted by atomic mass is 10.1. The van der Waals surface area contributed by atoms with E-state index < -0.39 is 5.91 Å². The highest BCUT2D eigenvalue weighted by molar-refractivity contribution is 6.34. The summed E-state index contributed by atoms with van der Waals surface area (Å²) in [6.07, 6.45) is 3.16. The maximum atomic E-state index is 11.4. The van der Waals surface area contributed by atoms with Crippen molar-refractivity contribution in [3.8, 4) is 5.75 Å². The monoisotopic (exact) mass is 268 g/mol. The Labute approximate surface area is 111 Å². The molecule has 4 N–H and O–H groups in total. The molecule has 2 unspecified atom stereocenters. The molecule has 5 heteroatoms. The van der Waals surface area contributed by atoms with Crippen LogP contribution in [0, 0.1) is 5.92 Å². The second-order valence-electron chi connectivity index (χ2n) is 4.56. The minimum absolute atomic E-state index is 0.0477. The van der Waals surface area contributed by atoms with Gasteiger partial charge in [-0.05, 0) is 37.9 Å². The van der Waals surface area contributed by atoms with Crippen LogP contribution >= 0.6 is 11.6 Å². The van der Waals surface area contributed by atoms with E-state index in [-0.39, 0.29) is 11.7 Å². The van der Waals surface area contributed by atoms with Crippen LogP contribution in [0.15, 0.2) is 18.2 Å². The second-order valence-corrected chi connectivity index (χ2v) is 4.97. The molecule has 2 atom stereocenters. The molecule has 0 spiro atoms. The number of carbonyl (C=O) groups is 1. The van der Waals surface area contributed by atoms with Gasteiger partial charge in [0.25, 0.3) is 5.91 Å². The molecule has 18 heavy (non-hydrogen) atoms. The van der Waals surface area contributed by atoms with Crippen molar-refractivity contribution in [2.45, 2.75) is 25.4 Å². The number of primary amides is 1. The van der Waals surface area contributed by atoms with Gasteiger partial charge in [-0.1, -0.05) is 17.7 Å². The lowest BCUT2D eigenvalue weighted by Crippen LogP contribution is -2.28. The predicted octanol–water partition coefficient (Wildman–Crippen LogP) is 1.95. The summed E-state index contributed by atoms with van der Waals surface area (Å²) in [4.78, 5) is 11.4. The van der Waals surface area contributed by atoms with E-state index in [1.807, 2.05) is 0 Å². The first-order valence-electron chi connectivity index (χ1n) is 6.08. The van der Waals surface area contributed by atoms with Crippen molar-refractivity contribution in [3.05, 3.63) is 28.8 Å². The van der Waals surface area contributed by atoms with Gasteiger partial charge in [0.15, 0.2) is 0 Å². The van der Waals surface area contributed by atoms with Gasteiger partial charge >= 0.3 is 0 Å². The van der Waals surface area contributed by atoms with Gasteiger partial charge in [-0.25, -0.2) is 0 Å². The fraction of sp³-hybridized carbons (Fsp3) is 0.462. The Morgan fingerprint density at radius 3 is 2.89 bits per heavy atom. The summed E-state index contributed by atoms with van der Waals surface area (Å²) in [5.41, 5.74) is 11.3. The first-order chi connectivity index (χ1) is 8.63. The number of halogens is 1. The molecule has 0 aromatic heterocycles. The molecular formula is C13H17ClN2O2. The number of hydrogen-bond acceptors (Lipinski definition) is 3. The zero-order valence-corrected chi connectivity index (χ0v) is 10.8. The lowest BCUT2D eigenvalue weighted by Gasteiger charge is -2.21. The fourth-order valence-corrected chi connectivity index (χ4v) is 2.69. The number of ether oxygens (including phenoxy) is 1. The third-order valence-corrected chi connectivity index (χ3v) is 3.71. The maximum absolute atomic E-state index is 11.4. The van der Waals surface area contributed by atoms with E-state index >= 15 is 0 Å². The molecule has 4 nitrogen and oxygen atoms in total. The third kappa shape index (κ3) is 2.60. The van der Waals surface area contributed by atoms with Gasteiger partial charge in [0.2, 0.25) is 0 Å².